The van der Waals surface area contributed by atoms with Crippen LogP contribution in [-0.4, -0.2) is 0 Å². The first-order valence-electron chi connectivity index (χ1n) is 20.0. The van der Waals surface area contributed by atoms with E-state index in [9.17, 15) is 0 Å². The second-order valence-electron chi connectivity index (χ2n) is 17.0. The minimum Gasteiger partial charge on any atom is -0.310 e. The molecule has 0 radical (unpaired) electrons. The van der Waals surface area contributed by atoms with Gasteiger partial charge in [0.25, 0.3) is 0 Å². The maximum atomic E-state index is 2.45. The zero-order valence-corrected chi connectivity index (χ0v) is 35.0. The van der Waals surface area contributed by atoms with Crippen LogP contribution in [0.2, 0.25) is 0 Å². The molecule has 0 fully saturated rings. The standard InChI is InChI=1S/C53H61N/c1-13-14-15-42-28-38(6)50(39(7)29-42)51(43-20-16-34(2)17-21-43)44-22-26-48(36(4)30-44)49-27-25-47(33-37(49)5)54(46-23-18-35(3)19-24-46)52-40(8)31-45(32-41(52)9)53(10,11)12/h16-33,51H,13-15H2,1-12H3. The molecular weight excluding hydrogens is 651 g/mol. The predicted octanol–water partition coefficient (Wildman–Crippen LogP) is 15.1. The Kier molecular flexibility index (Phi) is 11.4. The molecule has 0 heterocycles. The van der Waals surface area contributed by atoms with Crippen molar-refractivity contribution in [3.05, 3.63) is 182 Å². The largest absolute Gasteiger partial charge is 0.310 e. The van der Waals surface area contributed by atoms with Crippen LogP contribution in [-0.2, 0) is 11.8 Å². The molecule has 0 aromatic heterocycles. The Labute approximate surface area is 327 Å². The van der Waals surface area contributed by atoms with Crippen LogP contribution in [0, 0.1) is 55.4 Å². The Hall–Kier alpha value is -4.88. The second kappa shape index (κ2) is 15.8. The number of hydrogen-bond acceptors (Lipinski definition) is 1. The number of unbranched alkanes of at least 4 members (excludes halogenated alkanes) is 1. The Morgan fingerprint density at radius 1 is 0.500 bits per heavy atom. The number of hydrogen-bond donors (Lipinski definition) is 0. The summed E-state index contributed by atoms with van der Waals surface area (Å²) in [5, 5.41) is 0. The molecule has 6 rings (SSSR count). The van der Waals surface area contributed by atoms with Gasteiger partial charge in [-0.2, -0.15) is 0 Å². The van der Waals surface area contributed by atoms with Crippen LogP contribution in [0.3, 0.4) is 0 Å². The van der Waals surface area contributed by atoms with Gasteiger partial charge >= 0.3 is 0 Å². The van der Waals surface area contributed by atoms with Gasteiger partial charge in [-0.05, 0) is 170 Å². The molecule has 0 spiro atoms. The van der Waals surface area contributed by atoms with Crippen LogP contribution in [0.25, 0.3) is 11.1 Å². The topological polar surface area (TPSA) is 3.24 Å². The SMILES string of the molecule is CCCCc1cc(C)c(C(c2ccc(C)cc2)c2ccc(-c3ccc(N(c4ccc(C)cc4)c4c(C)cc(C(C)(C)C)cc4C)cc3C)c(C)c2)c(C)c1. The number of anilines is 3. The molecule has 278 valence electrons. The lowest BCUT2D eigenvalue weighted by atomic mass is 9.79. The highest BCUT2D eigenvalue weighted by atomic mass is 15.1. The first-order valence-corrected chi connectivity index (χ1v) is 20.0. The van der Waals surface area contributed by atoms with Crippen LogP contribution in [0.4, 0.5) is 17.1 Å². The molecule has 6 aromatic rings. The van der Waals surface area contributed by atoms with Gasteiger partial charge in [-0.25, -0.2) is 0 Å². The molecule has 6 aromatic carbocycles. The maximum absolute atomic E-state index is 2.45. The van der Waals surface area contributed by atoms with Crippen molar-refractivity contribution < 1.29 is 0 Å². The normalized spacial score (nSPS) is 12.2. The summed E-state index contributed by atoms with van der Waals surface area (Å²) in [5.74, 6) is 0.168. The highest BCUT2D eigenvalue weighted by molar-refractivity contribution is 5.83. The molecule has 0 aliphatic carbocycles. The third-order valence-corrected chi connectivity index (χ3v) is 11.4. The molecule has 1 atom stereocenters. The fraction of sp³-hybridized carbons (Fsp3) is 0.321. The number of aryl methyl sites for hydroxylation is 9. The molecule has 0 amide bonds. The number of nitrogens with zero attached hydrogens (tertiary/aromatic N) is 1. The molecule has 0 saturated heterocycles. The minimum absolute atomic E-state index is 0.0884. The third kappa shape index (κ3) is 8.12. The van der Waals surface area contributed by atoms with E-state index in [0.29, 0.717) is 0 Å². The fourth-order valence-corrected chi connectivity index (χ4v) is 8.43. The van der Waals surface area contributed by atoms with Crippen molar-refractivity contribution in [1.82, 2.24) is 0 Å². The van der Waals surface area contributed by atoms with Gasteiger partial charge in [0.1, 0.15) is 0 Å². The summed E-state index contributed by atoms with van der Waals surface area (Å²) in [6.07, 6.45) is 3.59. The van der Waals surface area contributed by atoms with Gasteiger partial charge in [0.15, 0.2) is 0 Å². The van der Waals surface area contributed by atoms with Gasteiger partial charge in [0.2, 0.25) is 0 Å². The van der Waals surface area contributed by atoms with Crippen molar-refractivity contribution in [3.63, 3.8) is 0 Å². The van der Waals surface area contributed by atoms with Crippen molar-refractivity contribution in [2.45, 2.75) is 114 Å². The van der Waals surface area contributed by atoms with Gasteiger partial charge in [-0.1, -0.05) is 130 Å². The number of rotatable bonds is 10. The zero-order valence-electron chi connectivity index (χ0n) is 35.0. The van der Waals surface area contributed by atoms with Crippen LogP contribution < -0.4 is 4.90 Å². The van der Waals surface area contributed by atoms with Crippen molar-refractivity contribution in [2.75, 3.05) is 4.90 Å². The van der Waals surface area contributed by atoms with Crippen molar-refractivity contribution in [1.29, 1.82) is 0 Å². The number of benzene rings is 6. The van der Waals surface area contributed by atoms with Gasteiger partial charge in [0.05, 0.1) is 5.69 Å². The predicted molar refractivity (Wildman–Crippen MR) is 236 cm³/mol. The molecule has 54 heavy (non-hydrogen) atoms. The molecule has 0 aliphatic rings. The van der Waals surface area contributed by atoms with Crippen LogP contribution in [0.1, 0.15) is 119 Å². The van der Waals surface area contributed by atoms with E-state index in [1.165, 1.54) is 113 Å². The van der Waals surface area contributed by atoms with E-state index in [4.69, 9.17) is 0 Å². The van der Waals surface area contributed by atoms with Crippen molar-refractivity contribution in [2.24, 2.45) is 0 Å². The van der Waals surface area contributed by atoms with Gasteiger partial charge in [-0.15, -0.1) is 0 Å². The van der Waals surface area contributed by atoms with Crippen LogP contribution in [0.5, 0.6) is 0 Å². The third-order valence-electron chi connectivity index (χ3n) is 11.4. The van der Waals surface area contributed by atoms with Gasteiger partial charge in [0, 0.05) is 17.3 Å². The van der Waals surface area contributed by atoms with E-state index in [1.807, 2.05) is 0 Å². The summed E-state index contributed by atoms with van der Waals surface area (Å²) >= 11 is 0. The van der Waals surface area contributed by atoms with Crippen LogP contribution >= 0.6 is 0 Å². The van der Waals surface area contributed by atoms with E-state index in [2.05, 4.69) is 197 Å². The summed E-state index contributed by atoms with van der Waals surface area (Å²) in [6, 6.07) is 42.0. The average molecular weight is 712 g/mol. The molecule has 1 unspecified atom stereocenters. The second-order valence-corrected chi connectivity index (χ2v) is 17.0. The molecule has 0 saturated carbocycles. The molecular formula is C53H61N. The quantitative estimate of drug-likeness (QED) is 0.128. The Morgan fingerprint density at radius 3 is 1.52 bits per heavy atom. The van der Waals surface area contributed by atoms with E-state index < -0.39 is 0 Å². The summed E-state index contributed by atoms with van der Waals surface area (Å²) in [4.78, 5) is 2.45. The fourth-order valence-electron chi connectivity index (χ4n) is 8.43. The Balaban J connectivity index is 1.42. The molecule has 0 aliphatic heterocycles. The lowest BCUT2D eigenvalue weighted by molar-refractivity contribution is 0.589. The van der Waals surface area contributed by atoms with E-state index in [0.717, 1.165) is 6.42 Å². The van der Waals surface area contributed by atoms with Crippen LogP contribution in [0.15, 0.2) is 109 Å². The van der Waals surface area contributed by atoms with Gasteiger partial charge < -0.3 is 4.90 Å². The van der Waals surface area contributed by atoms with Crippen molar-refractivity contribution >= 4 is 17.1 Å². The summed E-state index contributed by atoms with van der Waals surface area (Å²) in [5.41, 5.74) is 23.7. The monoisotopic (exact) mass is 711 g/mol. The molecule has 1 nitrogen and oxygen atoms in total. The summed E-state index contributed by atoms with van der Waals surface area (Å²) < 4.78 is 0. The Morgan fingerprint density at radius 2 is 1.00 bits per heavy atom. The molecule has 0 N–H and O–H groups in total. The highest BCUT2D eigenvalue weighted by Gasteiger charge is 2.24. The van der Waals surface area contributed by atoms with E-state index in [-0.39, 0.29) is 11.3 Å². The molecule has 1 heteroatoms. The maximum Gasteiger partial charge on any atom is 0.0520 e. The smallest absolute Gasteiger partial charge is 0.0520 e. The average Bonchev–Trinajstić information content (AvgIpc) is 3.11. The minimum atomic E-state index is 0.0884. The van der Waals surface area contributed by atoms with Crippen molar-refractivity contribution in [3.8, 4) is 11.1 Å². The first kappa shape index (κ1) is 38.8. The zero-order chi connectivity index (χ0) is 38.9. The lowest BCUT2D eigenvalue weighted by Crippen LogP contribution is -2.16. The Bertz CT molecular complexity index is 2210. The molecule has 0 bridgehead atoms. The first-order chi connectivity index (χ1) is 25.7. The highest BCUT2D eigenvalue weighted by Crippen LogP contribution is 2.43. The van der Waals surface area contributed by atoms with E-state index >= 15 is 0 Å². The lowest BCUT2D eigenvalue weighted by Gasteiger charge is -2.31. The summed E-state index contributed by atoms with van der Waals surface area (Å²) in [7, 11) is 0. The van der Waals surface area contributed by atoms with E-state index in [1.54, 1.807) is 0 Å². The summed E-state index contributed by atoms with van der Waals surface area (Å²) in [6.45, 7) is 27.2. The van der Waals surface area contributed by atoms with Gasteiger partial charge in [-0.3, -0.25) is 0 Å².